The summed E-state index contributed by atoms with van der Waals surface area (Å²) in [6.07, 6.45) is 13.4. The van der Waals surface area contributed by atoms with Gasteiger partial charge in [0.25, 0.3) is 0 Å². The number of allylic oxidation sites excluding steroid dienone is 1. The fraction of sp³-hybridized carbons (Fsp3) is 0.407. The molecule has 160 valence electrons. The Morgan fingerprint density at radius 2 is 1.43 bits per heavy atom. The van der Waals surface area contributed by atoms with Crippen molar-refractivity contribution in [3.8, 4) is 0 Å². The normalized spacial score (nSPS) is 11.0. The molecule has 0 aliphatic heterocycles. The predicted octanol–water partition coefficient (Wildman–Crippen LogP) is 7.22. The molecule has 2 aromatic carbocycles. The van der Waals surface area contributed by atoms with Crippen LogP contribution in [-0.2, 0) is 11.2 Å². The van der Waals surface area contributed by atoms with Gasteiger partial charge in [0.05, 0.1) is 0 Å². The van der Waals surface area contributed by atoms with Crippen LogP contribution >= 0.6 is 0 Å². The highest BCUT2D eigenvalue weighted by Crippen LogP contribution is 2.14. The second-order valence-electron chi connectivity index (χ2n) is 7.79. The van der Waals surface area contributed by atoms with Crippen LogP contribution < -0.4 is 5.32 Å². The third-order valence-electron chi connectivity index (χ3n) is 5.28. The molecule has 0 saturated heterocycles. The highest BCUT2D eigenvalue weighted by atomic mass is 16.1. The lowest BCUT2D eigenvalue weighted by Crippen LogP contribution is -2.11. The molecule has 0 aliphatic carbocycles. The maximum absolute atomic E-state index is 12.4. The van der Waals surface area contributed by atoms with Crippen LogP contribution in [0.2, 0.25) is 0 Å². The number of carbonyl (C=O) groups is 2. The van der Waals surface area contributed by atoms with E-state index in [2.05, 4.69) is 31.3 Å². The van der Waals surface area contributed by atoms with Crippen molar-refractivity contribution in [1.82, 2.24) is 0 Å². The molecular formula is C27H35NO2. The smallest absolute Gasteiger partial charge is 0.224 e. The Kier molecular flexibility index (Phi) is 10.6. The zero-order valence-electron chi connectivity index (χ0n) is 18.5. The molecule has 1 N–H and O–H groups in total. The summed E-state index contributed by atoms with van der Waals surface area (Å²) >= 11 is 0. The van der Waals surface area contributed by atoms with Crippen LogP contribution in [0.25, 0.3) is 6.08 Å². The van der Waals surface area contributed by atoms with Crippen molar-refractivity contribution in [2.75, 3.05) is 5.32 Å². The van der Waals surface area contributed by atoms with E-state index in [1.54, 1.807) is 30.3 Å². The number of aryl methyl sites for hydroxylation is 1. The van der Waals surface area contributed by atoms with Gasteiger partial charge in [-0.25, -0.2) is 0 Å². The maximum Gasteiger partial charge on any atom is 0.224 e. The van der Waals surface area contributed by atoms with E-state index in [1.165, 1.54) is 37.7 Å². The summed E-state index contributed by atoms with van der Waals surface area (Å²) in [5.74, 6) is -0.00595. The number of anilines is 1. The molecule has 2 aromatic rings. The lowest BCUT2D eigenvalue weighted by Gasteiger charge is -2.06. The molecule has 0 spiro atoms. The van der Waals surface area contributed by atoms with Gasteiger partial charge in [-0.1, -0.05) is 82.7 Å². The molecule has 2 rings (SSSR count). The van der Waals surface area contributed by atoms with Crippen molar-refractivity contribution in [3.63, 3.8) is 0 Å². The average Bonchev–Trinajstić information content (AvgIpc) is 2.77. The summed E-state index contributed by atoms with van der Waals surface area (Å²) in [5, 5.41) is 2.92. The van der Waals surface area contributed by atoms with Crippen molar-refractivity contribution >= 4 is 23.5 Å². The van der Waals surface area contributed by atoms with E-state index in [4.69, 9.17) is 0 Å². The molecule has 0 fully saturated rings. The summed E-state index contributed by atoms with van der Waals surface area (Å²) in [6.45, 7) is 4.34. The van der Waals surface area contributed by atoms with E-state index in [1.807, 2.05) is 18.2 Å². The molecule has 30 heavy (non-hydrogen) atoms. The topological polar surface area (TPSA) is 46.2 Å². The van der Waals surface area contributed by atoms with Crippen LogP contribution in [0.4, 0.5) is 5.69 Å². The number of carbonyl (C=O) groups excluding carboxylic acids is 2. The molecule has 0 bridgehead atoms. The molecule has 0 radical (unpaired) electrons. The van der Waals surface area contributed by atoms with Crippen LogP contribution in [0, 0.1) is 0 Å². The van der Waals surface area contributed by atoms with Crippen LogP contribution in [0.1, 0.15) is 86.7 Å². The molecule has 1 amide bonds. The summed E-state index contributed by atoms with van der Waals surface area (Å²) in [6, 6.07) is 15.3. The van der Waals surface area contributed by atoms with Gasteiger partial charge in [-0.15, -0.1) is 0 Å². The van der Waals surface area contributed by atoms with Crippen LogP contribution in [0.5, 0.6) is 0 Å². The summed E-state index contributed by atoms with van der Waals surface area (Å²) < 4.78 is 0. The number of benzene rings is 2. The molecule has 0 saturated carbocycles. The van der Waals surface area contributed by atoms with Crippen molar-refractivity contribution in [2.45, 2.75) is 71.6 Å². The minimum absolute atomic E-state index is 0.0399. The molecule has 0 atom stereocenters. The van der Waals surface area contributed by atoms with E-state index in [9.17, 15) is 9.59 Å². The molecule has 0 unspecified atom stereocenters. The van der Waals surface area contributed by atoms with Crippen molar-refractivity contribution < 1.29 is 9.59 Å². The van der Waals surface area contributed by atoms with Crippen LogP contribution in [-0.4, -0.2) is 11.7 Å². The van der Waals surface area contributed by atoms with Gasteiger partial charge in [-0.2, -0.15) is 0 Å². The van der Waals surface area contributed by atoms with Gasteiger partial charge in [-0.05, 0) is 54.3 Å². The number of hydrogen-bond acceptors (Lipinski definition) is 2. The van der Waals surface area contributed by atoms with Crippen molar-refractivity contribution in [3.05, 3.63) is 71.3 Å². The van der Waals surface area contributed by atoms with E-state index >= 15 is 0 Å². The third-order valence-corrected chi connectivity index (χ3v) is 5.28. The van der Waals surface area contributed by atoms with Gasteiger partial charge in [-0.3, -0.25) is 9.59 Å². The van der Waals surface area contributed by atoms with Gasteiger partial charge < -0.3 is 5.32 Å². The molecule has 3 heteroatoms. The lowest BCUT2D eigenvalue weighted by molar-refractivity contribution is -0.116. The average molecular weight is 406 g/mol. The number of hydrogen-bond donors (Lipinski definition) is 1. The Morgan fingerprint density at radius 1 is 0.800 bits per heavy atom. The molecule has 3 nitrogen and oxygen atoms in total. The van der Waals surface area contributed by atoms with Gasteiger partial charge in [0.15, 0.2) is 5.78 Å². The lowest BCUT2D eigenvalue weighted by atomic mass is 10.1. The zero-order valence-corrected chi connectivity index (χ0v) is 18.5. The second-order valence-corrected chi connectivity index (χ2v) is 7.79. The first-order chi connectivity index (χ1) is 14.6. The van der Waals surface area contributed by atoms with Crippen LogP contribution in [0.15, 0.2) is 54.6 Å². The first-order valence-electron chi connectivity index (χ1n) is 11.3. The molecule has 0 heterocycles. The minimum atomic E-state index is -0.0458. The van der Waals surface area contributed by atoms with E-state index in [0.717, 1.165) is 30.5 Å². The van der Waals surface area contributed by atoms with Gasteiger partial charge in [0.2, 0.25) is 5.91 Å². The van der Waals surface area contributed by atoms with E-state index in [-0.39, 0.29) is 11.7 Å². The number of unbranched alkanes of at least 4 members (excludes halogenated alkanes) is 6. The number of nitrogens with one attached hydrogen (secondary N) is 1. The first kappa shape index (κ1) is 23.6. The Hall–Kier alpha value is -2.68. The molecule has 0 aromatic heterocycles. The Bertz CT molecular complexity index is 804. The van der Waals surface area contributed by atoms with Gasteiger partial charge >= 0.3 is 0 Å². The quantitative estimate of drug-likeness (QED) is 0.217. The third kappa shape index (κ3) is 8.77. The molecular weight excluding hydrogens is 370 g/mol. The Balaban J connectivity index is 1.74. The Morgan fingerprint density at radius 3 is 2.07 bits per heavy atom. The Labute approximate surface area is 181 Å². The van der Waals surface area contributed by atoms with Gasteiger partial charge in [0, 0.05) is 17.7 Å². The highest BCUT2D eigenvalue weighted by molar-refractivity contribution is 6.07. The van der Waals surface area contributed by atoms with Gasteiger partial charge in [0.1, 0.15) is 0 Å². The maximum atomic E-state index is 12.4. The summed E-state index contributed by atoms with van der Waals surface area (Å²) in [7, 11) is 0. The second kappa shape index (κ2) is 13.5. The first-order valence-corrected chi connectivity index (χ1v) is 11.3. The van der Waals surface area contributed by atoms with Crippen LogP contribution in [0.3, 0.4) is 0 Å². The number of rotatable bonds is 13. The standard InChI is InChI=1S/C27H35NO2/c1-3-5-6-7-8-9-10-11-27(30)28-25-19-17-24(18-20-25)26(29)21-16-23-14-12-22(4-2)13-15-23/h12-21H,3-11H2,1-2H3,(H,28,30)/b21-16+. The van der Waals surface area contributed by atoms with Crippen molar-refractivity contribution in [1.29, 1.82) is 0 Å². The fourth-order valence-corrected chi connectivity index (χ4v) is 3.32. The molecule has 0 aliphatic rings. The number of ketones is 1. The highest BCUT2D eigenvalue weighted by Gasteiger charge is 2.05. The van der Waals surface area contributed by atoms with Crippen molar-refractivity contribution in [2.24, 2.45) is 0 Å². The van der Waals surface area contributed by atoms with E-state index < -0.39 is 0 Å². The zero-order chi connectivity index (χ0) is 21.6. The SMILES string of the molecule is CCCCCCCCCC(=O)Nc1ccc(C(=O)/C=C/c2ccc(CC)cc2)cc1. The predicted molar refractivity (Wildman–Crippen MR) is 127 cm³/mol. The number of amides is 1. The fourth-order valence-electron chi connectivity index (χ4n) is 3.32. The summed E-state index contributed by atoms with van der Waals surface area (Å²) in [5.41, 5.74) is 3.64. The minimum Gasteiger partial charge on any atom is -0.326 e. The largest absolute Gasteiger partial charge is 0.326 e. The monoisotopic (exact) mass is 405 g/mol. The van der Waals surface area contributed by atoms with E-state index in [0.29, 0.717) is 12.0 Å². The summed E-state index contributed by atoms with van der Waals surface area (Å²) in [4.78, 5) is 24.5.